The van der Waals surface area contributed by atoms with Crippen molar-refractivity contribution in [2.45, 2.75) is 5.25 Å². The molecule has 1 aromatic heterocycles. The Kier molecular flexibility index (Phi) is 7.76. The van der Waals surface area contributed by atoms with Gasteiger partial charge in [0.1, 0.15) is 23.9 Å². The third kappa shape index (κ3) is 5.45. The number of amides is 2. The highest BCUT2D eigenvalue weighted by Crippen LogP contribution is 2.48. The summed E-state index contributed by atoms with van der Waals surface area (Å²) in [5.41, 5.74) is 3.69. The summed E-state index contributed by atoms with van der Waals surface area (Å²) in [5.74, 6) is 0.557. The van der Waals surface area contributed by atoms with Crippen LogP contribution in [0.2, 0.25) is 0 Å². The van der Waals surface area contributed by atoms with Crippen molar-refractivity contribution in [2.75, 3.05) is 50.6 Å². The summed E-state index contributed by atoms with van der Waals surface area (Å²) >= 11 is 1.41. The molecule has 0 N–H and O–H groups in total. The zero-order chi connectivity index (χ0) is 28.3. The number of ether oxygens (including phenoxy) is 2. The number of fused-ring (bicyclic) bond motifs is 1. The monoisotopic (exact) mass is 572 g/mol. The summed E-state index contributed by atoms with van der Waals surface area (Å²) in [6.07, 6.45) is 0. The van der Waals surface area contributed by atoms with E-state index >= 15 is 0 Å². The molecule has 1 saturated heterocycles. The zero-order valence-electron chi connectivity index (χ0n) is 22.5. The number of hydrogen-bond donors (Lipinski definition) is 0. The quantitative estimate of drug-likeness (QED) is 0.333. The van der Waals surface area contributed by atoms with E-state index in [-0.39, 0.29) is 29.9 Å². The van der Waals surface area contributed by atoms with Crippen LogP contribution in [0.3, 0.4) is 0 Å². The third-order valence-electron chi connectivity index (χ3n) is 7.26. The van der Waals surface area contributed by atoms with Crippen molar-refractivity contribution in [1.29, 1.82) is 0 Å². The summed E-state index contributed by atoms with van der Waals surface area (Å²) in [6, 6.07) is 23.5. The van der Waals surface area contributed by atoms with E-state index in [1.807, 2.05) is 60.7 Å². The maximum absolute atomic E-state index is 14.5. The number of carbonyl (C=O) groups is 2. The molecule has 0 bridgehead atoms. The van der Waals surface area contributed by atoms with Crippen LogP contribution in [0.5, 0.6) is 5.75 Å². The van der Waals surface area contributed by atoms with Crippen LogP contribution in [-0.4, -0.2) is 72.2 Å². The van der Waals surface area contributed by atoms with Crippen molar-refractivity contribution in [3.63, 3.8) is 0 Å². The molecule has 8 nitrogen and oxygen atoms in total. The lowest BCUT2D eigenvalue weighted by Crippen LogP contribution is -2.48. The van der Waals surface area contributed by atoms with Crippen LogP contribution in [0, 0.1) is 5.82 Å². The van der Waals surface area contributed by atoms with E-state index in [1.54, 1.807) is 27.7 Å². The van der Waals surface area contributed by atoms with Gasteiger partial charge in [-0.2, -0.15) is 5.10 Å². The lowest BCUT2D eigenvalue weighted by molar-refractivity contribution is -0.134. The van der Waals surface area contributed by atoms with Gasteiger partial charge in [-0.1, -0.05) is 42.5 Å². The van der Waals surface area contributed by atoms with Crippen LogP contribution < -0.4 is 9.64 Å². The van der Waals surface area contributed by atoms with Crippen molar-refractivity contribution in [3.05, 3.63) is 95.8 Å². The van der Waals surface area contributed by atoms with E-state index in [4.69, 9.17) is 14.6 Å². The molecule has 210 valence electrons. The van der Waals surface area contributed by atoms with Crippen LogP contribution in [0.1, 0.15) is 16.4 Å². The first kappa shape index (κ1) is 27.0. The number of hydrogen-bond acceptors (Lipinski definition) is 6. The summed E-state index contributed by atoms with van der Waals surface area (Å²) in [4.78, 5) is 30.6. The minimum Gasteiger partial charge on any atom is -0.497 e. The molecule has 0 radical (unpaired) electrons. The highest BCUT2D eigenvalue weighted by Gasteiger charge is 2.38. The average Bonchev–Trinajstić information content (AvgIpc) is 3.34. The van der Waals surface area contributed by atoms with E-state index in [0.29, 0.717) is 49.3 Å². The van der Waals surface area contributed by atoms with Gasteiger partial charge < -0.3 is 14.4 Å². The van der Waals surface area contributed by atoms with Gasteiger partial charge in [-0.05, 0) is 42.0 Å². The first-order chi connectivity index (χ1) is 20.0. The normalized spacial score (nSPS) is 17.2. The number of nitrogens with zero attached hydrogens (tertiary/aromatic N) is 4. The van der Waals surface area contributed by atoms with Crippen molar-refractivity contribution in [2.24, 2.45) is 0 Å². The molecule has 0 saturated carbocycles. The first-order valence-corrected chi connectivity index (χ1v) is 14.4. The highest BCUT2D eigenvalue weighted by molar-refractivity contribution is 8.00. The number of aromatic nitrogens is 2. The first-order valence-electron chi connectivity index (χ1n) is 13.4. The van der Waals surface area contributed by atoms with Gasteiger partial charge in [-0.25, -0.2) is 9.07 Å². The van der Waals surface area contributed by atoms with E-state index in [9.17, 15) is 14.0 Å². The van der Waals surface area contributed by atoms with Crippen LogP contribution in [0.4, 0.5) is 10.2 Å². The number of morpholine rings is 1. The molecule has 0 spiro atoms. The maximum atomic E-state index is 14.5. The van der Waals surface area contributed by atoms with Gasteiger partial charge in [0.25, 0.3) is 0 Å². The maximum Gasteiger partial charge on any atom is 0.242 e. The van der Waals surface area contributed by atoms with Gasteiger partial charge >= 0.3 is 0 Å². The zero-order valence-corrected chi connectivity index (χ0v) is 23.4. The second-order valence-corrected chi connectivity index (χ2v) is 10.9. The minimum absolute atomic E-state index is 0.114. The molecule has 3 heterocycles. The van der Waals surface area contributed by atoms with Crippen LogP contribution >= 0.6 is 11.8 Å². The fraction of sp³-hybridized carbons (Fsp3) is 0.258. The number of benzene rings is 3. The Balaban J connectivity index is 1.58. The van der Waals surface area contributed by atoms with E-state index < -0.39 is 5.25 Å². The second kappa shape index (κ2) is 11.8. The van der Waals surface area contributed by atoms with E-state index in [1.165, 1.54) is 23.9 Å². The van der Waals surface area contributed by atoms with Gasteiger partial charge in [0, 0.05) is 24.2 Å². The molecule has 4 aromatic rings. The molecule has 10 heteroatoms. The Labute approximate surface area is 241 Å². The molecule has 0 unspecified atom stereocenters. The minimum atomic E-state index is -0.407. The van der Waals surface area contributed by atoms with Gasteiger partial charge in [-0.3, -0.25) is 14.5 Å². The second-order valence-electron chi connectivity index (χ2n) is 9.78. The Hall–Kier alpha value is -4.15. The topological polar surface area (TPSA) is 76.9 Å². The lowest BCUT2D eigenvalue weighted by Gasteiger charge is -2.30. The predicted molar refractivity (Wildman–Crippen MR) is 156 cm³/mol. The predicted octanol–water partition coefficient (Wildman–Crippen LogP) is 4.72. The van der Waals surface area contributed by atoms with Crippen LogP contribution in [0.15, 0.2) is 78.9 Å². The van der Waals surface area contributed by atoms with Gasteiger partial charge in [0.15, 0.2) is 0 Å². The fourth-order valence-corrected chi connectivity index (χ4v) is 6.40. The standard InChI is InChI=1S/C31H29FN4O4S/c1-39-25-12-10-24(11-13-25)36-31-28(29(33-36)21-6-3-2-4-7-21)30(22-8-5-9-23(32)18-22)41-20-27(38)35(31)19-26(37)34-14-16-40-17-15-34/h2-13,18,30H,14-17,19-20H2,1H3/t30-/m0/s1. The third-order valence-corrected chi connectivity index (χ3v) is 8.52. The van der Waals surface area contributed by atoms with Crippen molar-refractivity contribution >= 4 is 29.4 Å². The molecule has 2 aliphatic rings. The SMILES string of the molecule is COc1ccc(-n2nc(-c3ccccc3)c3c2N(CC(=O)N2CCOCC2)C(=O)CS[C@H]3c2cccc(F)c2)cc1. The average molecular weight is 573 g/mol. The smallest absolute Gasteiger partial charge is 0.242 e. The highest BCUT2D eigenvalue weighted by atomic mass is 32.2. The largest absolute Gasteiger partial charge is 0.497 e. The summed E-state index contributed by atoms with van der Waals surface area (Å²) in [6.45, 7) is 1.73. The molecular formula is C31H29FN4O4S. The molecule has 2 aliphatic heterocycles. The lowest BCUT2D eigenvalue weighted by atomic mass is 9.99. The molecule has 6 rings (SSSR count). The van der Waals surface area contributed by atoms with Gasteiger partial charge in [0.2, 0.25) is 11.8 Å². The fourth-order valence-electron chi connectivity index (χ4n) is 5.21. The molecule has 3 aromatic carbocycles. The molecule has 41 heavy (non-hydrogen) atoms. The number of thioether (sulfide) groups is 1. The van der Waals surface area contributed by atoms with Crippen molar-refractivity contribution < 1.29 is 23.5 Å². The summed E-state index contributed by atoms with van der Waals surface area (Å²) < 4.78 is 27.0. The van der Waals surface area contributed by atoms with Gasteiger partial charge in [0.05, 0.1) is 42.7 Å². The van der Waals surface area contributed by atoms with E-state index in [0.717, 1.165) is 16.7 Å². The van der Waals surface area contributed by atoms with Gasteiger partial charge in [-0.15, -0.1) is 11.8 Å². The Morgan fingerprint density at radius 1 is 1.05 bits per heavy atom. The summed E-state index contributed by atoms with van der Waals surface area (Å²) in [7, 11) is 1.60. The van der Waals surface area contributed by atoms with Crippen molar-refractivity contribution in [1.82, 2.24) is 14.7 Å². The number of methoxy groups -OCH3 is 1. The number of anilines is 1. The number of rotatable bonds is 6. The Morgan fingerprint density at radius 2 is 1.80 bits per heavy atom. The van der Waals surface area contributed by atoms with Crippen LogP contribution in [0.25, 0.3) is 16.9 Å². The Morgan fingerprint density at radius 3 is 2.51 bits per heavy atom. The number of carbonyl (C=O) groups excluding carboxylic acids is 2. The molecule has 1 fully saturated rings. The molecule has 1 atom stereocenters. The molecule has 2 amide bonds. The van der Waals surface area contributed by atoms with Crippen molar-refractivity contribution in [3.8, 4) is 22.7 Å². The van der Waals surface area contributed by atoms with E-state index in [2.05, 4.69) is 0 Å². The molecule has 0 aliphatic carbocycles. The Bertz CT molecular complexity index is 1550. The number of halogens is 1. The molecular weight excluding hydrogens is 543 g/mol. The summed E-state index contributed by atoms with van der Waals surface area (Å²) in [5, 5.41) is 4.66. The van der Waals surface area contributed by atoms with Crippen LogP contribution in [-0.2, 0) is 14.3 Å².